The molecule has 2 aromatic heterocycles. The fourth-order valence-electron chi connectivity index (χ4n) is 8.54. The number of aromatic nitrogens is 1. The maximum absolute atomic E-state index is 6.68. The zero-order chi connectivity index (χ0) is 36.3. The van der Waals surface area contributed by atoms with Crippen LogP contribution < -0.4 is 4.90 Å². The molecule has 55 heavy (non-hydrogen) atoms. The number of hydrogen-bond donors (Lipinski definition) is 0. The molecule has 9 aromatic carbocycles. The van der Waals surface area contributed by atoms with E-state index in [1.54, 1.807) is 0 Å². The van der Waals surface area contributed by atoms with Gasteiger partial charge < -0.3 is 13.9 Å². The summed E-state index contributed by atoms with van der Waals surface area (Å²) >= 11 is 0. The molecule has 0 aliphatic rings. The summed E-state index contributed by atoms with van der Waals surface area (Å²) in [6.45, 7) is 0. The number of furan rings is 1. The van der Waals surface area contributed by atoms with Crippen LogP contribution in [0.3, 0.4) is 0 Å². The van der Waals surface area contributed by atoms with Crippen molar-refractivity contribution in [3.05, 3.63) is 206 Å². The lowest BCUT2D eigenvalue weighted by Crippen LogP contribution is -2.11. The van der Waals surface area contributed by atoms with Gasteiger partial charge in [-0.3, -0.25) is 0 Å². The Balaban J connectivity index is 1.21. The number of nitrogens with zero attached hydrogens (tertiary/aromatic N) is 2. The molecule has 0 aliphatic heterocycles. The third kappa shape index (κ3) is 5.05. The van der Waals surface area contributed by atoms with Crippen LogP contribution in [0.15, 0.2) is 211 Å². The number of rotatable bonds is 6. The third-order valence-corrected chi connectivity index (χ3v) is 11.0. The minimum absolute atomic E-state index is 0.858. The lowest BCUT2D eigenvalue weighted by molar-refractivity contribution is 0.669. The van der Waals surface area contributed by atoms with Crippen LogP contribution in [0, 0.1) is 0 Å². The fraction of sp³-hybridized carbons (Fsp3) is 0. The molecular formula is C52H34N2O. The summed E-state index contributed by atoms with van der Waals surface area (Å²) in [6.07, 6.45) is 0. The van der Waals surface area contributed by atoms with E-state index in [-0.39, 0.29) is 0 Å². The van der Waals surface area contributed by atoms with E-state index in [1.165, 1.54) is 49.3 Å². The van der Waals surface area contributed by atoms with Gasteiger partial charge in [0.05, 0.1) is 16.7 Å². The van der Waals surface area contributed by atoms with Crippen LogP contribution >= 0.6 is 0 Å². The third-order valence-electron chi connectivity index (χ3n) is 11.0. The molecule has 11 aromatic rings. The van der Waals surface area contributed by atoms with E-state index in [1.807, 2.05) is 0 Å². The Bertz CT molecular complexity index is 3200. The summed E-state index contributed by atoms with van der Waals surface area (Å²) in [5.41, 5.74) is 13.1. The molecule has 0 spiro atoms. The molecule has 2 heterocycles. The first kappa shape index (κ1) is 31.2. The van der Waals surface area contributed by atoms with Crippen molar-refractivity contribution in [2.24, 2.45) is 0 Å². The van der Waals surface area contributed by atoms with Crippen LogP contribution in [-0.4, -0.2) is 4.57 Å². The van der Waals surface area contributed by atoms with Gasteiger partial charge in [0.15, 0.2) is 0 Å². The van der Waals surface area contributed by atoms with Crippen LogP contribution in [0.1, 0.15) is 0 Å². The molecule has 0 fully saturated rings. The Morgan fingerprint density at radius 3 is 1.82 bits per heavy atom. The number of benzene rings is 9. The summed E-state index contributed by atoms with van der Waals surface area (Å²) in [5.74, 6) is 0. The van der Waals surface area contributed by atoms with Gasteiger partial charge in [0.25, 0.3) is 0 Å². The van der Waals surface area contributed by atoms with Crippen molar-refractivity contribution in [1.29, 1.82) is 0 Å². The average molecular weight is 703 g/mol. The van der Waals surface area contributed by atoms with E-state index >= 15 is 0 Å². The molecular weight excluding hydrogens is 669 g/mol. The molecule has 0 amide bonds. The van der Waals surface area contributed by atoms with Crippen LogP contribution in [0.5, 0.6) is 0 Å². The number of hydrogen-bond acceptors (Lipinski definition) is 2. The standard InChI is InChI=1S/C52H34N2O/c1-4-15-35(16-5-1)41-30-28-39(33-45(41)36-17-6-2-7-18-36)53(40-29-31-44-50(34-40)55-49-32-27-37-19-10-11-22-42(37)51(44)49)47-25-14-26-48-52(47)43-23-12-13-24-46(43)54(48)38-20-8-3-9-21-38/h1-34H. The van der Waals surface area contributed by atoms with Crippen molar-refractivity contribution in [1.82, 2.24) is 4.57 Å². The van der Waals surface area contributed by atoms with Gasteiger partial charge in [0.1, 0.15) is 11.2 Å². The summed E-state index contributed by atoms with van der Waals surface area (Å²) in [6, 6.07) is 73.9. The summed E-state index contributed by atoms with van der Waals surface area (Å²) < 4.78 is 9.06. The Labute approximate surface area is 318 Å². The topological polar surface area (TPSA) is 21.3 Å². The van der Waals surface area contributed by atoms with E-state index in [0.29, 0.717) is 0 Å². The summed E-state index contributed by atoms with van der Waals surface area (Å²) in [4.78, 5) is 2.41. The number of anilines is 3. The second-order valence-corrected chi connectivity index (χ2v) is 14.1. The van der Waals surface area contributed by atoms with Gasteiger partial charge in [-0.25, -0.2) is 0 Å². The Morgan fingerprint density at radius 2 is 1.02 bits per heavy atom. The molecule has 3 heteroatoms. The lowest BCUT2D eigenvalue weighted by Gasteiger charge is -2.28. The molecule has 0 aliphatic carbocycles. The van der Waals surface area contributed by atoms with Crippen molar-refractivity contribution < 1.29 is 4.42 Å². The zero-order valence-electron chi connectivity index (χ0n) is 29.9. The first-order valence-electron chi connectivity index (χ1n) is 18.8. The number of para-hydroxylation sites is 2. The Morgan fingerprint density at radius 1 is 0.382 bits per heavy atom. The van der Waals surface area contributed by atoms with Gasteiger partial charge in [-0.05, 0) is 93.7 Å². The summed E-state index contributed by atoms with van der Waals surface area (Å²) in [7, 11) is 0. The first-order chi connectivity index (χ1) is 27.3. The maximum Gasteiger partial charge on any atom is 0.137 e. The molecule has 11 rings (SSSR count). The smallest absolute Gasteiger partial charge is 0.137 e. The molecule has 0 unspecified atom stereocenters. The first-order valence-corrected chi connectivity index (χ1v) is 18.8. The molecule has 0 atom stereocenters. The Hall–Kier alpha value is -7.36. The highest BCUT2D eigenvalue weighted by Gasteiger charge is 2.23. The van der Waals surface area contributed by atoms with Crippen molar-refractivity contribution in [3.63, 3.8) is 0 Å². The van der Waals surface area contributed by atoms with Crippen molar-refractivity contribution in [2.75, 3.05) is 4.90 Å². The largest absolute Gasteiger partial charge is 0.456 e. The molecule has 258 valence electrons. The van der Waals surface area contributed by atoms with Gasteiger partial charge in [-0.1, -0.05) is 140 Å². The molecule has 0 N–H and O–H groups in total. The molecule has 0 bridgehead atoms. The SMILES string of the molecule is c1ccc(-c2ccc(N(c3ccc4c(c3)oc3ccc5ccccc5c34)c3cccc4c3c3ccccc3n4-c3ccccc3)cc2-c2ccccc2)cc1. The average Bonchev–Trinajstić information content (AvgIpc) is 3.81. The van der Waals surface area contributed by atoms with E-state index in [0.717, 1.165) is 50.2 Å². The monoisotopic (exact) mass is 702 g/mol. The van der Waals surface area contributed by atoms with Gasteiger partial charge in [-0.15, -0.1) is 0 Å². The van der Waals surface area contributed by atoms with Crippen LogP contribution in [-0.2, 0) is 0 Å². The lowest BCUT2D eigenvalue weighted by atomic mass is 9.93. The highest BCUT2D eigenvalue weighted by molar-refractivity contribution is 6.20. The van der Waals surface area contributed by atoms with Crippen LogP contribution in [0.2, 0.25) is 0 Å². The predicted octanol–water partition coefficient (Wildman–Crippen LogP) is 14.6. The normalized spacial score (nSPS) is 11.6. The minimum atomic E-state index is 0.858. The molecule has 0 saturated carbocycles. The van der Waals surface area contributed by atoms with Gasteiger partial charge >= 0.3 is 0 Å². The second-order valence-electron chi connectivity index (χ2n) is 14.1. The van der Waals surface area contributed by atoms with Gasteiger partial charge in [0.2, 0.25) is 0 Å². The Kier molecular flexibility index (Phi) is 7.17. The molecule has 0 saturated heterocycles. The van der Waals surface area contributed by atoms with Crippen molar-refractivity contribution in [2.45, 2.75) is 0 Å². The quantitative estimate of drug-likeness (QED) is 0.172. The molecule has 0 radical (unpaired) electrons. The van der Waals surface area contributed by atoms with Crippen LogP contribution in [0.25, 0.3) is 82.5 Å². The highest BCUT2D eigenvalue weighted by Crippen LogP contribution is 2.47. The fourth-order valence-corrected chi connectivity index (χ4v) is 8.54. The minimum Gasteiger partial charge on any atom is -0.456 e. The van der Waals surface area contributed by atoms with Crippen LogP contribution in [0.4, 0.5) is 17.1 Å². The summed E-state index contributed by atoms with van der Waals surface area (Å²) in [5, 5.41) is 7.05. The van der Waals surface area contributed by atoms with Crippen molar-refractivity contribution in [3.8, 4) is 27.9 Å². The van der Waals surface area contributed by atoms with E-state index in [9.17, 15) is 0 Å². The predicted molar refractivity (Wildman–Crippen MR) is 231 cm³/mol. The van der Waals surface area contributed by atoms with E-state index < -0.39 is 0 Å². The molecule has 3 nitrogen and oxygen atoms in total. The van der Waals surface area contributed by atoms with Gasteiger partial charge in [-0.2, -0.15) is 0 Å². The van der Waals surface area contributed by atoms with E-state index in [2.05, 4.69) is 216 Å². The maximum atomic E-state index is 6.68. The highest BCUT2D eigenvalue weighted by atomic mass is 16.3. The van der Waals surface area contributed by atoms with E-state index in [4.69, 9.17) is 4.42 Å². The zero-order valence-corrected chi connectivity index (χ0v) is 29.9. The van der Waals surface area contributed by atoms with Gasteiger partial charge in [0, 0.05) is 44.7 Å². The number of fused-ring (bicyclic) bond motifs is 8. The second kappa shape index (κ2) is 12.6. The van der Waals surface area contributed by atoms with Crippen molar-refractivity contribution >= 4 is 71.6 Å².